The molecule has 0 aliphatic heterocycles. The molecule has 3 N–H and O–H groups in total. The third-order valence-electron chi connectivity index (χ3n) is 3.86. The molecular formula is C20H17BrN2O4. The van der Waals surface area contributed by atoms with Crippen LogP contribution in [-0.2, 0) is 0 Å². The summed E-state index contributed by atoms with van der Waals surface area (Å²) in [6.45, 7) is 2.22. The van der Waals surface area contributed by atoms with Crippen molar-refractivity contribution in [1.29, 1.82) is 0 Å². The van der Waals surface area contributed by atoms with Crippen LogP contribution in [-0.4, -0.2) is 28.9 Å². The smallest absolute Gasteiger partial charge is 0.275 e. The third-order valence-corrected chi connectivity index (χ3v) is 4.54. The second-order valence-electron chi connectivity index (χ2n) is 5.69. The number of nitrogens with one attached hydrogen (secondary N) is 1. The molecule has 6 nitrogen and oxygen atoms in total. The fourth-order valence-electron chi connectivity index (χ4n) is 2.56. The number of rotatable bonds is 5. The van der Waals surface area contributed by atoms with Crippen molar-refractivity contribution in [1.82, 2.24) is 5.43 Å². The zero-order valence-electron chi connectivity index (χ0n) is 14.4. The van der Waals surface area contributed by atoms with Crippen LogP contribution >= 0.6 is 15.9 Å². The highest BCUT2D eigenvalue weighted by atomic mass is 79.9. The molecule has 0 aromatic heterocycles. The minimum Gasteiger partial charge on any atom is -0.507 e. The van der Waals surface area contributed by atoms with E-state index < -0.39 is 5.91 Å². The molecule has 0 spiro atoms. The summed E-state index contributed by atoms with van der Waals surface area (Å²) in [4.78, 5) is 12.3. The summed E-state index contributed by atoms with van der Waals surface area (Å²) in [6.07, 6.45) is 1.42. The molecule has 0 aliphatic carbocycles. The lowest BCUT2D eigenvalue weighted by Gasteiger charge is -2.08. The Morgan fingerprint density at radius 1 is 1.15 bits per heavy atom. The number of phenols is 2. The van der Waals surface area contributed by atoms with Gasteiger partial charge in [0, 0.05) is 10.0 Å². The number of hydrogen-bond donors (Lipinski definition) is 3. The second kappa shape index (κ2) is 8.09. The van der Waals surface area contributed by atoms with E-state index in [2.05, 4.69) is 26.5 Å². The number of halogens is 1. The van der Waals surface area contributed by atoms with Crippen molar-refractivity contribution >= 4 is 38.8 Å². The maximum Gasteiger partial charge on any atom is 0.275 e. The maximum atomic E-state index is 12.3. The minimum absolute atomic E-state index is 0.00555. The number of amides is 1. The third kappa shape index (κ3) is 4.20. The summed E-state index contributed by atoms with van der Waals surface area (Å²) in [7, 11) is 0. The summed E-state index contributed by atoms with van der Waals surface area (Å²) < 4.78 is 5.93. The quantitative estimate of drug-likeness (QED) is 0.419. The van der Waals surface area contributed by atoms with Crippen molar-refractivity contribution < 1.29 is 19.7 Å². The van der Waals surface area contributed by atoms with Crippen LogP contribution in [0.3, 0.4) is 0 Å². The zero-order chi connectivity index (χ0) is 19.4. The molecule has 1 amide bonds. The first kappa shape index (κ1) is 18.7. The van der Waals surface area contributed by atoms with Gasteiger partial charge in [-0.1, -0.05) is 24.3 Å². The van der Waals surface area contributed by atoms with Gasteiger partial charge in [0.15, 0.2) is 11.5 Å². The number of hydrazone groups is 1. The first-order valence-corrected chi connectivity index (χ1v) is 8.99. The van der Waals surface area contributed by atoms with Gasteiger partial charge in [-0.05, 0) is 57.9 Å². The van der Waals surface area contributed by atoms with E-state index in [1.54, 1.807) is 18.2 Å². The lowest BCUT2D eigenvalue weighted by Crippen LogP contribution is -2.17. The van der Waals surface area contributed by atoms with E-state index in [0.29, 0.717) is 22.4 Å². The van der Waals surface area contributed by atoms with E-state index in [1.807, 2.05) is 31.2 Å². The number of aromatic hydroxyl groups is 2. The standard InChI is InChI=1S/C20H17BrN2O4/c1-2-27-19-9-14(16(21)10-18(19)25)11-22-23-20(26)15-7-12-5-3-4-6-13(12)8-17(15)24/h3-11,24-25H,2H2,1H3,(H,23,26). The zero-order valence-corrected chi connectivity index (χ0v) is 16.0. The van der Waals surface area contributed by atoms with Crippen molar-refractivity contribution in [3.63, 3.8) is 0 Å². The first-order valence-electron chi connectivity index (χ1n) is 8.20. The Bertz CT molecular complexity index is 1030. The molecule has 3 aromatic rings. The normalized spacial score (nSPS) is 11.0. The fraction of sp³-hybridized carbons (Fsp3) is 0.100. The van der Waals surface area contributed by atoms with Crippen LogP contribution in [0, 0.1) is 0 Å². The van der Waals surface area contributed by atoms with Gasteiger partial charge in [-0.2, -0.15) is 5.10 Å². The Morgan fingerprint density at radius 3 is 2.56 bits per heavy atom. The molecule has 7 heteroatoms. The number of carbonyl (C=O) groups is 1. The summed E-state index contributed by atoms with van der Waals surface area (Å²) in [5.74, 6) is -0.327. The number of benzene rings is 3. The van der Waals surface area contributed by atoms with E-state index in [-0.39, 0.29) is 17.1 Å². The number of hydrogen-bond acceptors (Lipinski definition) is 5. The van der Waals surface area contributed by atoms with Gasteiger partial charge in [0.25, 0.3) is 5.91 Å². The van der Waals surface area contributed by atoms with Gasteiger partial charge in [0.1, 0.15) is 5.75 Å². The Kier molecular flexibility index (Phi) is 5.61. The predicted molar refractivity (Wildman–Crippen MR) is 108 cm³/mol. The van der Waals surface area contributed by atoms with Gasteiger partial charge < -0.3 is 14.9 Å². The van der Waals surface area contributed by atoms with E-state index in [9.17, 15) is 15.0 Å². The topological polar surface area (TPSA) is 91.2 Å². The SMILES string of the molecule is CCOc1cc(C=NNC(=O)c2cc3ccccc3cc2O)c(Br)cc1O. The fourth-order valence-corrected chi connectivity index (χ4v) is 2.99. The van der Waals surface area contributed by atoms with Gasteiger partial charge in [-0.3, -0.25) is 4.79 Å². The molecular weight excluding hydrogens is 412 g/mol. The van der Waals surface area contributed by atoms with Crippen molar-refractivity contribution in [2.75, 3.05) is 6.61 Å². The van der Waals surface area contributed by atoms with E-state index >= 15 is 0 Å². The maximum absolute atomic E-state index is 12.3. The Balaban J connectivity index is 1.80. The average molecular weight is 429 g/mol. The molecule has 3 rings (SSSR count). The van der Waals surface area contributed by atoms with Gasteiger partial charge in [0.05, 0.1) is 18.4 Å². The van der Waals surface area contributed by atoms with Gasteiger partial charge in [-0.15, -0.1) is 0 Å². The van der Waals surface area contributed by atoms with Crippen molar-refractivity contribution in [3.8, 4) is 17.2 Å². The summed E-state index contributed by atoms with van der Waals surface area (Å²) >= 11 is 3.32. The van der Waals surface area contributed by atoms with Crippen LogP contribution in [0.5, 0.6) is 17.2 Å². The van der Waals surface area contributed by atoms with Crippen LogP contribution in [0.25, 0.3) is 10.8 Å². The molecule has 0 atom stereocenters. The number of phenolic OH excluding ortho intramolecular Hbond substituents is 2. The van der Waals surface area contributed by atoms with Gasteiger partial charge in [0.2, 0.25) is 0 Å². The first-order chi connectivity index (χ1) is 13.0. The van der Waals surface area contributed by atoms with E-state index in [0.717, 1.165) is 10.8 Å². The van der Waals surface area contributed by atoms with Crippen LogP contribution in [0.4, 0.5) is 0 Å². The van der Waals surface area contributed by atoms with E-state index in [4.69, 9.17) is 4.74 Å². The minimum atomic E-state index is -0.533. The van der Waals surface area contributed by atoms with Crippen LogP contribution in [0.2, 0.25) is 0 Å². The Morgan fingerprint density at radius 2 is 1.85 bits per heavy atom. The molecule has 0 fully saturated rings. The molecule has 0 unspecified atom stereocenters. The number of nitrogens with zero attached hydrogens (tertiary/aromatic N) is 1. The Hall–Kier alpha value is -3.06. The van der Waals surface area contributed by atoms with Crippen molar-refractivity contribution in [2.24, 2.45) is 5.10 Å². The lowest BCUT2D eigenvalue weighted by atomic mass is 10.1. The molecule has 0 bridgehead atoms. The molecule has 0 radical (unpaired) electrons. The van der Waals surface area contributed by atoms with E-state index in [1.165, 1.54) is 12.3 Å². The molecule has 0 saturated carbocycles. The second-order valence-corrected chi connectivity index (χ2v) is 6.54. The van der Waals surface area contributed by atoms with Crippen molar-refractivity contribution in [3.05, 3.63) is 64.1 Å². The highest BCUT2D eigenvalue weighted by Crippen LogP contribution is 2.32. The molecule has 27 heavy (non-hydrogen) atoms. The lowest BCUT2D eigenvalue weighted by molar-refractivity contribution is 0.0952. The monoisotopic (exact) mass is 428 g/mol. The largest absolute Gasteiger partial charge is 0.507 e. The highest BCUT2D eigenvalue weighted by molar-refractivity contribution is 9.10. The van der Waals surface area contributed by atoms with Gasteiger partial charge in [-0.25, -0.2) is 5.43 Å². The number of carbonyl (C=O) groups excluding carboxylic acids is 1. The molecule has 0 saturated heterocycles. The summed E-state index contributed by atoms with van der Waals surface area (Å²) in [5, 5.41) is 25.5. The molecule has 0 aliphatic rings. The van der Waals surface area contributed by atoms with Gasteiger partial charge >= 0.3 is 0 Å². The van der Waals surface area contributed by atoms with Crippen LogP contribution in [0.15, 0.2) is 58.1 Å². The van der Waals surface area contributed by atoms with Crippen molar-refractivity contribution in [2.45, 2.75) is 6.92 Å². The predicted octanol–water partition coefficient (Wildman–Crippen LogP) is 4.18. The highest BCUT2D eigenvalue weighted by Gasteiger charge is 2.12. The Labute approximate surface area is 164 Å². The summed E-state index contributed by atoms with van der Waals surface area (Å²) in [6, 6.07) is 13.7. The molecule has 138 valence electrons. The average Bonchev–Trinajstić information content (AvgIpc) is 2.64. The molecule has 3 aromatic carbocycles. The number of ether oxygens (including phenoxy) is 1. The number of fused-ring (bicyclic) bond motifs is 1. The molecule has 0 heterocycles. The van der Waals surface area contributed by atoms with Crippen LogP contribution in [0.1, 0.15) is 22.8 Å². The van der Waals surface area contributed by atoms with Crippen LogP contribution < -0.4 is 10.2 Å². The summed E-state index contributed by atoms with van der Waals surface area (Å²) in [5.41, 5.74) is 3.13.